The summed E-state index contributed by atoms with van der Waals surface area (Å²) in [6, 6.07) is 9.67. The molecule has 4 aromatic rings. The van der Waals surface area contributed by atoms with Gasteiger partial charge in [0.25, 0.3) is 0 Å². The van der Waals surface area contributed by atoms with Crippen LogP contribution in [0.15, 0.2) is 41.1 Å². The van der Waals surface area contributed by atoms with Gasteiger partial charge in [-0.25, -0.2) is 14.5 Å². The Hall–Kier alpha value is -3.22. The predicted octanol–water partition coefficient (Wildman–Crippen LogP) is 3.30. The van der Waals surface area contributed by atoms with Crippen LogP contribution in [0.2, 0.25) is 0 Å². The van der Waals surface area contributed by atoms with Crippen molar-refractivity contribution in [2.45, 2.75) is 39.7 Å². The Morgan fingerprint density at radius 3 is 2.81 bits per heavy atom. The van der Waals surface area contributed by atoms with Crippen molar-refractivity contribution in [1.29, 1.82) is 0 Å². The van der Waals surface area contributed by atoms with Gasteiger partial charge in [-0.2, -0.15) is 0 Å². The number of hydrogen-bond donors (Lipinski definition) is 1. The monoisotopic (exact) mass is 363 g/mol. The molecular weight excluding hydrogens is 342 g/mol. The second-order valence-electron chi connectivity index (χ2n) is 6.72. The lowest BCUT2D eigenvalue weighted by Gasteiger charge is -2.10. The summed E-state index contributed by atoms with van der Waals surface area (Å²) in [5, 5.41) is 8.30. The molecule has 7 heteroatoms. The number of hydrogen-bond acceptors (Lipinski definition) is 5. The largest absolute Gasteiger partial charge is 0.443 e. The van der Waals surface area contributed by atoms with Gasteiger partial charge < -0.3 is 9.73 Å². The molecule has 1 atom stereocenters. The first-order valence-corrected chi connectivity index (χ1v) is 8.97. The molecule has 3 heterocycles. The maximum Gasteiger partial charge on any atom is 0.231 e. The molecule has 0 radical (unpaired) electrons. The van der Waals surface area contributed by atoms with Crippen LogP contribution in [-0.2, 0) is 11.2 Å². The zero-order valence-electron chi connectivity index (χ0n) is 15.6. The molecule has 0 saturated carbocycles. The molecule has 0 aliphatic rings. The first kappa shape index (κ1) is 17.2. The lowest BCUT2D eigenvalue weighted by atomic mass is 10.1. The van der Waals surface area contributed by atoms with Crippen LogP contribution in [-0.4, -0.2) is 25.5 Å². The number of carbonyl (C=O) groups excluding carboxylic acids is 1. The molecule has 0 bridgehead atoms. The van der Waals surface area contributed by atoms with Gasteiger partial charge >= 0.3 is 0 Å². The SMILES string of the molecule is Cc1oc2ncn3nc([C@@H](C)NC(=O)CCc4ccccc4)nc3c2c1C. The van der Waals surface area contributed by atoms with E-state index in [1.807, 2.05) is 51.1 Å². The van der Waals surface area contributed by atoms with Crippen molar-refractivity contribution in [2.75, 3.05) is 0 Å². The molecule has 0 fully saturated rings. The van der Waals surface area contributed by atoms with E-state index in [-0.39, 0.29) is 11.9 Å². The van der Waals surface area contributed by atoms with Crippen LogP contribution in [0, 0.1) is 13.8 Å². The Bertz CT molecular complexity index is 1110. The maximum atomic E-state index is 12.3. The number of benzene rings is 1. The van der Waals surface area contributed by atoms with E-state index in [4.69, 9.17) is 4.42 Å². The molecule has 0 saturated heterocycles. The van der Waals surface area contributed by atoms with Gasteiger partial charge in [-0.05, 0) is 32.8 Å². The summed E-state index contributed by atoms with van der Waals surface area (Å²) < 4.78 is 7.28. The summed E-state index contributed by atoms with van der Waals surface area (Å²) >= 11 is 0. The van der Waals surface area contributed by atoms with Crippen molar-refractivity contribution in [3.63, 3.8) is 0 Å². The summed E-state index contributed by atoms with van der Waals surface area (Å²) in [6.45, 7) is 5.76. The molecule has 1 amide bonds. The van der Waals surface area contributed by atoms with Crippen LogP contribution in [0.4, 0.5) is 0 Å². The topological polar surface area (TPSA) is 85.3 Å². The summed E-state index contributed by atoms with van der Waals surface area (Å²) in [4.78, 5) is 21.2. The lowest BCUT2D eigenvalue weighted by Crippen LogP contribution is -2.27. The third-order valence-corrected chi connectivity index (χ3v) is 4.77. The number of nitrogens with zero attached hydrogens (tertiary/aromatic N) is 4. The summed E-state index contributed by atoms with van der Waals surface area (Å²) in [5.74, 6) is 1.34. The van der Waals surface area contributed by atoms with E-state index in [2.05, 4.69) is 20.4 Å². The van der Waals surface area contributed by atoms with Crippen molar-refractivity contribution >= 4 is 22.7 Å². The number of aromatic nitrogens is 4. The van der Waals surface area contributed by atoms with Crippen LogP contribution in [0.5, 0.6) is 0 Å². The van der Waals surface area contributed by atoms with Gasteiger partial charge in [-0.15, -0.1) is 5.10 Å². The zero-order chi connectivity index (χ0) is 19.0. The van der Waals surface area contributed by atoms with E-state index in [1.54, 1.807) is 10.8 Å². The molecule has 1 aromatic carbocycles. The van der Waals surface area contributed by atoms with E-state index in [1.165, 1.54) is 0 Å². The molecule has 3 aromatic heterocycles. The molecule has 7 nitrogen and oxygen atoms in total. The van der Waals surface area contributed by atoms with Crippen molar-refractivity contribution < 1.29 is 9.21 Å². The normalized spacial score (nSPS) is 12.6. The molecule has 4 rings (SSSR count). The van der Waals surface area contributed by atoms with Crippen LogP contribution in [0.1, 0.15) is 42.1 Å². The van der Waals surface area contributed by atoms with Gasteiger partial charge in [-0.3, -0.25) is 4.79 Å². The van der Waals surface area contributed by atoms with Gasteiger partial charge in [0.15, 0.2) is 11.5 Å². The van der Waals surface area contributed by atoms with Crippen LogP contribution < -0.4 is 5.32 Å². The van der Waals surface area contributed by atoms with Crippen molar-refractivity contribution in [3.8, 4) is 0 Å². The van der Waals surface area contributed by atoms with Gasteiger partial charge in [0.2, 0.25) is 11.6 Å². The average molecular weight is 363 g/mol. The Morgan fingerprint density at radius 2 is 2.04 bits per heavy atom. The highest BCUT2D eigenvalue weighted by atomic mass is 16.3. The summed E-state index contributed by atoms with van der Waals surface area (Å²) in [6.07, 6.45) is 2.71. The molecule has 0 aliphatic carbocycles. The highest BCUT2D eigenvalue weighted by Crippen LogP contribution is 2.26. The molecule has 138 valence electrons. The lowest BCUT2D eigenvalue weighted by molar-refractivity contribution is -0.121. The molecule has 27 heavy (non-hydrogen) atoms. The number of amides is 1. The quantitative estimate of drug-likeness (QED) is 0.588. The van der Waals surface area contributed by atoms with Crippen molar-refractivity contribution in [1.82, 2.24) is 24.9 Å². The molecule has 1 N–H and O–H groups in total. The molecule has 0 spiro atoms. The smallest absolute Gasteiger partial charge is 0.231 e. The van der Waals surface area contributed by atoms with Gasteiger partial charge in [0.05, 0.1) is 11.4 Å². The predicted molar refractivity (Wildman–Crippen MR) is 101 cm³/mol. The molecule has 0 unspecified atom stereocenters. The second kappa shape index (κ2) is 6.83. The third-order valence-electron chi connectivity index (χ3n) is 4.77. The number of fused-ring (bicyclic) bond motifs is 3. The Labute approximate surface area is 156 Å². The minimum atomic E-state index is -0.295. The first-order chi connectivity index (χ1) is 13.0. The minimum Gasteiger partial charge on any atom is -0.443 e. The number of aryl methyl sites for hydroxylation is 3. The van der Waals surface area contributed by atoms with E-state index in [9.17, 15) is 4.79 Å². The molecular formula is C20H21N5O2. The number of furan rings is 1. The van der Waals surface area contributed by atoms with Crippen LogP contribution in [0.25, 0.3) is 16.7 Å². The van der Waals surface area contributed by atoms with Gasteiger partial charge in [0, 0.05) is 12.0 Å². The van der Waals surface area contributed by atoms with Crippen molar-refractivity contribution in [2.24, 2.45) is 0 Å². The fraction of sp³-hybridized carbons (Fsp3) is 0.300. The van der Waals surface area contributed by atoms with Gasteiger partial charge in [0.1, 0.15) is 12.1 Å². The van der Waals surface area contributed by atoms with E-state index >= 15 is 0 Å². The average Bonchev–Trinajstić information content (AvgIpc) is 3.22. The van der Waals surface area contributed by atoms with E-state index in [0.717, 1.165) is 22.3 Å². The number of nitrogens with one attached hydrogen (secondary N) is 1. The maximum absolute atomic E-state index is 12.3. The van der Waals surface area contributed by atoms with E-state index in [0.29, 0.717) is 30.0 Å². The fourth-order valence-corrected chi connectivity index (χ4v) is 3.13. The van der Waals surface area contributed by atoms with Crippen molar-refractivity contribution in [3.05, 3.63) is 59.4 Å². The molecule has 0 aliphatic heterocycles. The Balaban J connectivity index is 1.51. The number of carbonyl (C=O) groups is 1. The Morgan fingerprint density at radius 1 is 1.26 bits per heavy atom. The third kappa shape index (κ3) is 3.28. The first-order valence-electron chi connectivity index (χ1n) is 8.97. The second-order valence-corrected chi connectivity index (χ2v) is 6.72. The zero-order valence-corrected chi connectivity index (χ0v) is 15.6. The number of rotatable bonds is 5. The standard InChI is InChI=1S/C20H21N5O2/c1-12-14(3)27-20-17(12)19-23-18(24-25(19)11-21-20)13(2)22-16(26)10-9-15-7-5-4-6-8-15/h4-8,11,13H,9-10H2,1-3H3,(H,22,26)/t13-/m1/s1. The minimum absolute atomic E-state index is 0.0242. The van der Waals surface area contributed by atoms with Crippen LogP contribution in [0.3, 0.4) is 0 Å². The van der Waals surface area contributed by atoms with Crippen LogP contribution >= 0.6 is 0 Å². The highest BCUT2D eigenvalue weighted by Gasteiger charge is 2.19. The summed E-state index contributed by atoms with van der Waals surface area (Å²) in [5.41, 5.74) is 3.39. The summed E-state index contributed by atoms with van der Waals surface area (Å²) in [7, 11) is 0. The Kier molecular flexibility index (Phi) is 4.35. The van der Waals surface area contributed by atoms with E-state index < -0.39 is 0 Å². The highest BCUT2D eigenvalue weighted by molar-refractivity contribution is 5.91. The fourth-order valence-electron chi connectivity index (χ4n) is 3.13. The van der Waals surface area contributed by atoms with Gasteiger partial charge in [-0.1, -0.05) is 30.3 Å².